The van der Waals surface area contributed by atoms with Crippen molar-refractivity contribution in [3.8, 4) is 0 Å². The summed E-state index contributed by atoms with van der Waals surface area (Å²) in [7, 11) is 0. The summed E-state index contributed by atoms with van der Waals surface area (Å²) in [6.45, 7) is -0.655. The Hall–Kier alpha value is -1.08. The van der Waals surface area contributed by atoms with E-state index in [1.165, 1.54) is 19.2 Å². The van der Waals surface area contributed by atoms with Crippen LogP contribution in [0.1, 0.15) is 24.3 Å². The molecule has 0 aliphatic heterocycles. The zero-order chi connectivity index (χ0) is 13.0. The highest BCUT2D eigenvalue weighted by Crippen LogP contribution is 2.20. The van der Waals surface area contributed by atoms with Gasteiger partial charge in [0, 0.05) is 19.0 Å². The molecule has 1 saturated carbocycles. The van der Waals surface area contributed by atoms with Crippen LogP contribution in [0.2, 0.25) is 0 Å². The molecule has 0 saturated heterocycles. The molecule has 0 bridgehead atoms. The molecule has 1 heterocycles. The smallest absolute Gasteiger partial charge is 0.411 e. The summed E-state index contributed by atoms with van der Waals surface area (Å²) in [5.41, 5.74) is 0.748. The molecule has 1 aliphatic rings. The Balaban J connectivity index is 1.69. The minimum atomic E-state index is -4.28. The van der Waals surface area contributed by atoms with Gasteiger partial charge in [0.25, 0.3) is 0 Å². The van der Waals surface area contributed by atoms with Crippen molar-refractivity contribution in [3.05, 3.63) is 17.8 Å². The number of oxazole rings is 1. The largest absolute Gasteiger partial charge is 0.448 e. The molecule has 2 rings (SSSR count). The van der Waals surface area contributed by atoms with E-state index < -0.39 is 12.8 Å². The monoisotopic (exact) mass is 264 g/mol. The van der Waals surface area contributed by atoms with Crippen LogP contribution in [0.5, 0.6) is 0 Å². The molecule has 1 aromatic rings. The highest BCUT2D eigenvalue weighted by atomic mass is 19.4. The van der Waals surface area contributed by atoms with Gasteiger partial charge in [0.15, 0.2) is 6.39 Å². The van der Waals surface area contributed by atoms with Gasteiger partial charge in [0.2, 0.25) is 0 Å². The van der Waals surface area contributed by atoms with Crippen molar-refractivity contribution >= 4 is 0 Å². The highest BCUT2D eigenvalue weighted by molar-refractivity contribution is 5.07. The number of alkyl halides is 3. The molecule has 1 fully saturated rings. The lowest BCUT2D eigenvalue weighted by Crippen LogP contribution is -2.19. The lowest BCUT2D eigenvalue weighted by molar-refractivity contribution is -0.173. The van der Waals surface area contributed by atoms with Gasteiger partial charge < -0.3 is 14.5 Å². The number of ether oxygens (including phenoxy) is 1. The first-order chi connectivity index (χ1) is 8.54. The zero-order valence-electron chi connectivity index (χ0n) is 9.79. The Kier molecular flexibility index (Phi) is 4.23. The molecule has 7 heteroatoms. The highest BCUT2D eigenvalue weighted by Gasteiger charge is 2.27. The first-order valence-electron chi connectivity index (χ1n) is 5.84. The second-order valence-corrected chi connectivity index (χ2v) is 4.30. The van der Waals surface area contributed by atoms with Crippen LogP contribution in [-0.2, 0) is 17.7 Å². The topological polar surface area (TPSA) is 47.3 Å². The normalized spacial score (nSPS) is 16.2. The summed E-state index contributed by atoms with van der Waals surface area (Å²) in [5.74, 6) is 0.588. The number of aromatic nitrogens is 1. The molecule has 0 unspecified atom stereocenters. The van der Waals surface area contributed by atoms with Crippen molar-refractivity contribution in [3.63, 3.8) is 0 Å². The van der Waals surface area contributed by atoms with Gasteiger partial charge in [-0.2, -0.15) is 13.2 Å². The fourth-order valence-electron chi connectivity index (χ4n) is 1.52. The van der Waals surface area contributed by atoms with Crippen LogP contribution in [-0.4, -0.2) is 30.4 Å². The Labute approximate surface area is 103 Å². The standard InChI is InChI=1S/C11H15F3N2O2/c12-11(13,14)6-17-4-3-10-9(16-7-18-10)5-15-8-1-2-8/h7-8,15H,1-6H2. The maximum atomic E-state index is 11.8. The van der Waals surface area contributed by atoms with Gasteiger partial charge >= 0.3 is 6.18 Å². The van der Waals surface area contributed by atoms with Gasteiger partial charge in [-0.3, -0.25) is 0 Å². The number of hydrogen-bond donors (Lipinski definition) is 1. The molecule has 102 valence electrons. The Morgan fingerprint density at radius 2 is 2.22 bits per heavy atom. The van der Waals surface area contributed by atoms with Crippen LogP contribution in [0.4, 0.5) is 13.2 Å². The van der Waals surface area contributed by atoms with Crippen LogP contribution >= 0.6 is 0 Å². The van der Waals surface area contributed by atoms with Crippen LogP contribution in [0.25, 0.3) is 0 Å². The SMILES string of the molecule is FC(F)(F)COCCc1ocnc1CNC1CC1. The van der Waals surface area contributed by atoms with Gasteiger partial charge in [0.1, 0.15) is 12.4 Å². The van der Waals surface area contributed by atoms with E-state index in [0.717, 1.165) is 5.69 Å². The lowest BCUT2D eigenvalue weighted by atomic mass is 10.2. The zero-order valence-corrected chi connectivity index (χ0v) is 9.79. The summed E-state index contributed by atoms with van der Waals surface area (Å²) in [6, 6.07) is 0.552. The summed E-state index contributed by atoms with van der Waals surface area (Å²) in [4.78, 5) is 4.04. The van der Waals surface area contributed by atoms with Crippen molar-refractivity contribution in [2.24, 2.45) is 0 Å². The minimum absolute atomic E-state index is 0.0227. The van der Waals surface area contributed by atoms with E-state index in [0.29, 0.717) is 24.8 Å². The third kappa shape index (κ3) is 4.66. The maximum absolute atomic E-state index is 11.8. The molecular weight excluding hydrogens is 249 g/mol. The van der Waals surface area contributed by atoms with Gasteiger partial charge in [-0.1, -0.05) is 0 Å². The molecule has 1 aromatic heterocycles. The predicted molar refractivity (Wildman–Crippen MR) is 56.9 cm³/mol. The Morgan fingerprint density at radius 1 is 1.44 bits per heavy atom. The van der Waals surface area contributed by atoms with Gasteiger partial charge in [-0.15, -0.1) is 0 Å². The number of hydrogen-bond acceptors (Lipinski definition) is 4. The van der Waals surface area contributed by atoms with Gasteiger partial charge in [0.05, 0.1) is 12.3 Å². The molecule has 0 atom stereocenters. The average Bonchev–Trinajstić information content (AvgIpc) is 3.01. The Bertz CT molecular complexity index is 375. The first-order valence-corrected chi connectivity index (χ1v) is 5.84. The fourth-order valence-corrected chi connectivity index (χ4v) is 1.52. The Morgan fingerprint density at radius 3 is 2.89 bits per heavy atom. The molecule has 0 radical (unpaired) electrons. The maximum Gasteiger partial charge on any atom is 0.411 e. The van der Waals surface area contributed by atoms with Crippen LogP contribution < -0.4 is 5.32 Å². The first kappa shape index (κ1) is 13.4. The fraction of sp³-hybridized carbons (Fsp3) is 0.727. The van der Waals surface area contributed by atoms with E-state index in [4.69, 9.17) is 4.42 Å². The minimum Gasteiger partial charge on any atom is -0.448 e. The number of halogens is 3. The van der Waals surface area contributed by atoms with Gasteiger partial charge in [-0.25, -0.2) is 4.98 Å². The second-order valence-electron chi connectivity index (χ2n) is 4.30. The average molecular weight is 264 g/mol. The summed E-state index contributed by atoms with van der Waals surface area (Å²) in [5, 5.41) is 3.27. The van der Waals surface area contributed by atoms with Crippen molar-refractivity contribution < 1.29 is 22.3 Å². The molecule has 4 nitrogen and oxygen atoms in total. The van der Waals surface area contributed by atoms with E-state index in [1.807, 2.05) is 0 Å². The number of rotatable bonds is 7. The second kappa shape index (κ2) is 5.71. The predicted octanol–water partition coefficient (Wildman–Crippen LogP) is 2.05. The molecule has 0 aromatic carbocycles. The summed E-state index contributed by atoms with van der Waals surface area (Å²) < 4.78 is 45.2. The third-order valence-electron chi connectivity index (χ3n) is 2.60. The summed E-state index contributed by atoms with van der Waals surface area (Å²) in [6.07, 6.45) is -0.331. The molecule has 0 amide bonds. The number of nitrogens with one attached hydrogen (secondary N) is 1. The van der Waals surface area contributed by atoms with E-state index in [2.05, 4.69) is 15.0 Å². The van der Waals surface area contributed by atoms with E-state index in [-0.39, 0.29) is 6.61 Å². The summed E-state index contributed by atoms with van der Waals surface area (Å²) >= 11 is 0. The van der Waals surface area contributed by atoms with Crippen molar-refractivity contribution in [1.82, 2.24) is 10.3 Å². The molecular formula is C11H15F3N2O2. The third-order valence-corrected chi connectivity index (χ3v) is 2.60. The van der Waals surface area contributed by atoms with Crippen molar-refractivity contribution in [2.45, 2.75) is 38.0 Å². The lowest BCUT2D eigenvalue weighted by Gasteiger charge is -2.07. The molecule has 1 N–H and O–H groups in total. The van der Waals surface area contributed by atoms with E-state index >= 15 is 0 Å². The van der Waals surface area contributed by atoms with E-state index in [1.54, 1.807) is 0 Å². The molecule has 18 heavy (non-hydrogen) atoms. The van der Waals surface area contributed by atoms with Gasteiger partial charge in [-0.05, 0) is 12.8 Å². The van der Waals surface area contributed by atoms with Crippen LogP contribution in [0.3, 0.4) is 0 Å². The van der Waals surface area contributed by atoms with Crippen LogP contribution in [0.15, 0.2) is 10.8 Å². The number of nitrogens with zero attached hydrogens (tertiary/aromatic N) is 1. The van der Waals surface area contributed by atoms with Crippen molar-refractivity contribution in [2.75, 3.05) is 13.2 Å². The van der Waals surface area contributed by atoms with E-state index in [9.17, 15) is 13.2 Å². The molecule has 0 spiro atoms. The molecule has 1 aliphatic carbocycles. The quantitative estimate of drug-likeness (QED) is 0.766. The van der Waals surface area contributed by atoms with Crippen molar-refractivity contribution in [1.29, 1.82) is 0 Å². The van der Waals surface area contributed by atoms with Crippen LogP contribution in [0, 0.1) is 0 Å².